The number of rotatable bonds is 3. The monoisotopic (exact) mass is 282 g/mol. The first kappa shape index (κ1) is 13.0. The Morgan fingerprint density at radius 2 is 1.95 bits per heavy atom. The van der Waals surface area contributed by atoms with Crippen LogP contribution in [-0.2, 0) is 0 Å². The molecule has 0 radical (unpaired) electrons. The van der Waals surface area contributed by atoms with Crippen LogP contribution < -0.4 is 4.74 Å². The van der Waals surface area contributed by atoms with Crippen molar-refractivity contribution in [1.29, 1.82) is 0 Å². The van der Waals surface area contributed by atoms with Gasteiger partial charge in [-0.25, -0.2) is 0 Å². The highest BCUT2D eigenvalue weighted by molar-refractivity contribution is 8.04. The van der Waals surface area contributed by atoms with Crippen molar-refractivity contribution in [3.8, 4) is 5.75 Å². The molecule has 0 unspecified atom stereocenters. The number of carbonyl (C=O) groups is 1. The predicted molar refractivity (Wildman–Crippen MR) is 82.2 cm³/mol. The molecule has 0 fully saturated rings. The molecule has 0 bridgehead atoms. The third-order valence-electron chi connectivity index (χ3n) is 3.05. The number of hydrogen-bond acceptors (Lipinski definition) is 3. The van der Waals surface area contributed by atoms with Gasteiger partial charge >= 0.3 is 0 Å². The van der Waals surface area contributed by atoms with Crippen LogP contribution in [-0.4, -0.2) is 12.4 Å². The summed E-state index contributed by atoms with van der Waals surface area (Å²) in [6.07, 6.45) is 1.94. The molecule has 2 aromatic rings. The van der Waals surface area contributed by atoms with Crippen molar-refractivity contribution in [3.63, 3.8) is 0 Å². The first-order valence-corrected chi connectivity index (χ1v) is 7.35. The molecule has 0 saturated carbocycles. The fraction of sp³-hybridized carbons (Fsp3) is 0.118. The molecule has 2 nitrogen and oxygen atoms in total. The minimum Gasteiger partial charge on any atom is -0.494 e. The second kappa shape index (κ2) is 5.55. The summed E-state index contributed by atoms with van der Waals surface area (Å²) in [6, 6.07) is 15.5. The molecule has 0 saturated heterocycles. The maximum Gasteiger partial charge on any atom is 0.200 e. The lowest BCUT2D eigenvalue weighted by Crippen LogP contribution is -1.95. The highest BCUT2D eigenvalue weighted by Crippen LogP contribution is 2.42. The van der Waals surface area contributed by atoms with Crippen LogP contribution in [0.3, 0.4) is 0 Å². The van der Waals surface area contributed by atoms with Crippen molar-refractivity contribution < 1.29 is 9.53 Å². The quantitative estimate of drug-likeness (QED) is 0.780. The first-order valence-electron chi connectivity index (χ1n) is 6.54. The molecule has 0 N–H and O–H groups in total. The molecule has 0 amide bonds. The summed E-state index contributed by atoms with van der Waals surface area (Å²) < 4.78 is 5.48. The van der Waals surface area contributed by atoms with Gasteiger partial charge in [0.05, 0.1) is 11.5 Å². The van der Waals surface area contributed by atoms with E-state index in [1.54, 1.807) is 0 Å². The van der Waals surface area contributed by atoms with Crippen molar-refractivity contribution in [1.82, 2.24) is 0 Å². The predicted octanol–water partition coefficient (Wildman–Crippen LogP) is 4.41. The molecule has 1 heterocycles. The SMILES string of the molecule is CCOc1ccc2c(c1)S/C(=C\c1ccccc1)C2=O. The van der Waals surface area contributed by atoms with Gasteiger partial charge < -0.3 is 4.74 Å². The van der Waals surface area contributed by atoms with Crippen LogP contribution in [0.1, 0.15) is 22.8 Å². The van der Waals surface area contributed by atoms with Crippen LogP contribution in [0.5, 0.6) is 5.75 Å². The highest BCUT2D eigenvalue weighted by atomic mass is 32.2. The van der Waals surface area contributed by atoms with Gasteiger partial charge in [0.2, 0.25) is 5.78 Å². The van der Waals surface area contributed by atoms with E-state index in [2.05, 4.69) is 0 Å². The van der Waals surface area contributed by atoms with E-state index in [4.69, 9.17) is 4.74 Å². The average Bonchev–Trinajstić information content (AvgIpc) is 2.77. The Morgan fingerprint density at radius 1 is 1.15 bits per heavy atom. The van der Waals surface area contributed by atoms with Crippen molar-refractivity contribution in [3.05, 3.63) is 64.6 Å². The summed E-state index contributed by atoms with van der Waals surface area (Å²) >= 11 is 1.51. The van der Waals surface area contributed by atoms with E-state index in [9.17, 15) is 4.79 Å². The molecule has 0 spiro atoms. The lowest BCUT2D eigenvalue weighted by molar-refractivity contribution is 0.104. The van der Waals surface area contributed by atoms with Gasteiger partial charge in [-0.1, -0.05) is 42.1 Å². The average molecular weight is 282 g/mol. The van der Waals surface area contributed by atoms with Gasteiger partial charge in [0.1, 0.15) is 5.75 Å². The van der Waals surface area contributed by atoms with Gasteiger partial charge in [0, 0.05) is 10.5 Å². The van der Waals surface area contributed by atoms with Crippen molar-refractivity contribution in [2.75, 3.05) is 6.61 Å². The first-order chi connectivity index (χ1) is 9.78. The summed E-state index contributed by atoms with van der Waals surface area (Å²) in [5, 5.41) is 0. The maximum absolute atomic E-state index is 12.3. The Balaban J connectivity index is 1.92. The number of thioether (sulfide) groups is 1. The van der Waals surface area contributed by atoms with Gasteiger partial charge in [0.15, 0.2) is 0 Å². The van der Waals surface area contributed by atoms with Gasteiger partial charge in [-0.05, 0) is 36.8 Å². The Bertz CT molecular complexity index is 675. The lowest BCUT2D eigenvalue weighted by Gasteiger charge is -2.03. The molecule has 0 aromatic heterocycles. The molecular formula is C17H14O2S. The molecule has 0 aliphatic carbocycles. The maximum atomic E-state index is 12.3. The van der Waals surface area contributed by atoms with E-state index < -0.39 is 0 Å². The van der Waals surface area contributed by atoms with Crippen LogP contribution in [0, 0.1) is 0 Å². The molecule has 1 aliphatic heterocycles. The van der Waals surface area contributed by atoms with Crippen molar-refractivity contribution in [2.24, 2.45) is 0 Å². The number of Topliss-reactive ketones (excluding diaryl/α,β-unsaturated/α-hetero) is 1. The summed E-state index contributed by atoms with van der Waals surface area (Å²) in [4.78, 5) is 14.1. The van der Waals surface area contributed by atoms with Crippen molar-refractivity contribution >= 4 is 23.6 Å². The summed E-state index contributed by atoms with van der Waals surface area (Å²) in [7, 11) is 0. The van der Waals surface area contributed by atoms with Crippen LogP contribution >= 0.6 is 11.8 Å². The fourth-order valence-electron chi connectivity index (χ4n) is 2.12. The third-order valence-corrected chi connectivity index (χ3v) is 4.13. The number of carbonyl (C=O) groups excluding carboxylic acids is 1. The number of ketones is 1. The molecular weight excluding hydrogens is 268 g/mol. The molecule has 0 atom stereocenters. The van der Waals surface area contributed by atoms with E-state index in [0.29, 0.717) is 6.61 Å². The summed E-state index contributed by atoms with van der Waals surface area (Å²) in [5.41, 5.74) is 1.81. The minimum atomic E-state index is 0.0944. The summed E-state index contributed by atoms with van der Waals surface area (Å²) in [6.45, 7) is 2.58. The van der Waals surface area contributed by atoms with E-state index in [1.165, 1.54) is 11.8 Å². The topological polar surface area (TPSA) is 26.3 Å². The van der Waals surface area contributed by atoms with Crippen LogP contribution in [0.4, 0.5) is 0 Å². The lowest BCUT2D eigenvalue weighted by atomic mass is 10.1. The minimum absolute atomic E-state index is 0.0944. The van der Waals surface area contributed by atoms with Crippen LogP contribution in [0.2, 0.25) is 0 Å². The number of hydrogen-bond donors (Lipinski definition) is 0. The van der Waals surface area contributed by atoms with Gasteiger partial charge in [-0.15, -0.1) is 0 Å². The zero-order valence-corrected chi connectivity index (χ0v) is 11.9. The second-order valence-electron chi connectivity index (χ2n) is 4.44. The number of benzene rings is 2. The Labute approximate surface area is 122 Å². The Kier molecular flexibility index (Phi) is 3.61. The van der Waals surface area contributed by atoms with Gasteiger partial charge in [0.25, 0.3) is 0 Å². The smallest absolute Gasteiger partial charge is 0.200 e. The normalized spacial score (nSPS) is 15.4. The third kappa shape index (κ3) is 2.49. The fourth-order valence-corrected chi connectivity index (χ4v) is 3.20. The zero-order valence-electron chi connectivity index (χ0n) is 11.1. The molecule has 3 heteroatoms. The Morgan fingerprint density at radius 3 is 2.70 bits per heavy atom. The van der Waals surface area contributed by atoms with E-state index in [0.717, 1.165) is 26.7 Å². The van der Waals surface area contributed by atoms with Gasteiger partial charge in [-0.3, -0.25) is 4.79 Å². The molecule has 3 rings (SSSR count). The number of allylic oxidation sites excluding steroid dienone is 1. The standard InChI is InChI=1S/C17H14O2S/c1-2-19-13-8-9-14-15(11-13)20-16(17(14)18)10-12-6-4-3-5-7-12/h3-11H,2H2,1H3/b16-10-. The number of fused-ring (bicyclic) bond motifs is 1. The van der Waals surface area contributed by atoms with Crippen LogP contribution in [0.25, 0.3) is 6.08 Å². The highest BCUT2D eigenvalue weighted by Gasteiger charge is 2.26. The zero-order chi connectivity index (χ0) is 13.9. The molecule has 2 aromatic carbocycles. The Hall–Kier alpha value is -2.00. The largest absolute Gasteiger partial charge is 0.494 e. The summed E-state index contributed by atoms with van der Waals surface area (Å²) in [5.74, 6) is 0.907. The van der Waals surface area contributed by atoms with E-state index in [1.807, 2.05) is 61.5 Å². The van der Waals surface area contributed by atoms with E-state index >= 15 is 0 Å². The van der Waals surface area contributed by atoms with Gasteiger partial charge in [-0.2, -0.15) is 0 Å². The number of ether oxygens (including phenoxy) is 1. The van der Waals surface area contributed by atoms with E-state index in [-0.39, 0.29) is 5.78 Å². The molecule has 20 heavy (non-hydrogen) atoms. The molecule has 1 aliphatic rings. The molecule has 100 valence electrons. The second-order valence-corrected chi connectivity index (χ2v) is 5.53. The van der Waals surface area contributed by atoms with Crippen molar-refractivity contribution in [2.45, 2.75) is 11.8 Å². The van der Waals surface area contributed by atoms with Crippen LogP contribution in [0.15, 0.2) is 58.3 Å².